The predicted molar refractivity (Wildman–Crippen MR) is 74.6 cm³/mol. The molecule has 7 heteroatoms. The Hall–Kier alpha value is -2.02. The van der Waals surface area contributed by atoms with Crippen molar-refractivity contribution in [3.63, 3.8) is 0 Å². The number of nitrogens with one attached hydrogen (secondary N) is 1. The number of hydrogen-bond donors (Lipinski definition) is 3. The Labute approximate surface area is 118 Å². The Morgan fingerprint density at radius 3 is 3.05 bits per heavy atom. The topological polar surface area (TPSA) is 93.2 Å². The lowest BCUT2D eigenvalue weighted by atomic mass is 10.2. The lowest BCUT2D eigenvalue weighted by molar-refractivity contribution is -0.118. The van der Waals surface area contributed by atoms with E-state index < -0.39 is 5.91 Å². The number of halogens is 1. The summed E-state index contributed by atoms with van der Waals surface area (Å²) in [5.74, 6) is -0.237. The van der Waals surface area contributed by atoms with Crippen LogP contribution in [0.25, 0.3) is 0 Å². The summed E-state index contributed by atoms with van der Waals surface area (Å²) in [5, 5.41) is 16.9. The Balaban J connectivity index is 2.00. The number of benzene rings is 1. The molecular formula is C12H13BrN4O2. The summed E-state index contributed by atoms with van der Waals surface area (Å²) in [4.78, 5) is 10.7. The van der Waals surface area contributed by atoms with Crippen molar-refractivity contribution in [2.75, 3.05) is 5.32 Å². The van der Waals surface area contributed by atoms with Crippen molar-refractivity contribution < 1.29 is 9.90 Å². The molecule has 1 amide bonds. The summed E-state index contributed by atoms with van der Waals surface area (Å²) >= 11 is 3.26. The average Bonchev–Trinajstić information content (AvgIpc) is 2.78. The van der Waals surface area contributed by atoms with Crippen LogP contribution in [-0.4, -0.2) is 20.8 Å². The first-order chi connectivity index (χ1) is 9.06. The number of carbonyl (C=O) groups excluding carboxylic acids is 1. The fraction of sp³-hybridized carbons (Fsp3) is 0.167. The largest absolute Gasteiger partial charge is 0.506 e. The van der Waals surface area contributed by atoms with E-state index >= 15 is 0 Å². The van der Waals surface area contributed by atoms with E-state index in [0.29, 0.717) is 11.0 Å². The molecule has 6 nitrogen and oxygen atoms in total. The number of hydrogen-bond acceptors (Lipinski definition) is 4. The highest BCUT2D eigenvalue weighted by Gasteiger charge is 2.05. The third-order valence-corrected chi connectivity index (χ3v) is 3.14. The minimum atomic E-state index is -0.445. The zero-order valence-electron chi connectivity index (χ0n) is 10.0. The number of phenols is 1. The Morgan fingerprint density at radius 1 is 1.53 bits per heavy atom. The number of nitrogens with zero attached hydrogens (tertiary/aromatic N) is 2. The van der Waals surface area contributed by atoms with Crippen LogP contribution < -0.4 is 11.1 Å². The molecular weight excluding hydrogens is 312 g/mol. The number of anilines is 1. The van der Waals surface area contributed by atoms with Gasteiger partial charge in [0.1, 0.15) is 12.3 Å². The van der Waals surface area contributed by atoms with Gasteiger partial charge in [-0.05, 0) is 22.0 Å². The van der Waals surface area contributed by atoms with Crippen molar-refractivity contribution in [2.24, 2.45) is 5.73 Å². The van der Waals surface area contributed by atoms with Crippen molar-refractivity contribution in [3.8, 4) is 5.75 Å². The predicted octanol–water partition coefficient (Wildman–Crippen LogP) is 1.45. The first-order valence-corrected chi connectivity index (χ1v) is 6.36. The number of primary amides is 1. The molecule has 0 radical (unpaired) electrons. The Bertz CT molecular complexity index is 597. The van der Waals surface area contributed by atoms with Gasteiger partial charge in [0.2, 0.25) is 5.91 Å². The molecule has 0 atom stereocenters. The number of rotatable bonds is 5. The van der Waals surface area contributed by atoms with Crippen LogP contribution in [0.3, 0.4) is 0 Å². The Morgan fingerprint density at radius 2 is 2.32 bits per heavy atom. The van der Waals surface area contributed by atoms with Crippen LogP contribution in [0, 0.1) is 0 Å². The zero-order valence-corrected chi connectivity index (χ0v) is 11.6. The van der Waals surface area contributed by atoms with Gasteiger partial charge in [0, 0.05) is 18.3 Å². The highest BCUT2D eigenvalue weighted by atomic mass is 79.9. The van der Waals surface area contributed by atoms with Crippen molar-refractivity contribution >= 4 is 27.5 Å². The van der Waals surface area contributed by atoms with Crippen LogP contribution in [0.1, 0.15) is 5.56 Å². The molecule has 0 aliphatic rings. The third kappa shape index (κ3) is 3.47. The van der Waals surface area contributed by atoms with Gasteiger partial charge in [-0.25, -0.2) is 0 Å². The molecule has 2 rings (SSSR count). The fourth-order valence-electron chi connectivity index (χ4n) is 1.60. The van der Waals surface area contributed by atoms with Gasteiger partial charge in [0.15, 0.2) is 0 Å². The second-order valence-electron chi connectivity index (χ2n) is 3.99. The number of amides is 1. The summed E-state index contributed by atoms with van der Waals surface area (Å²) in [6.45, 7) is 0.497. The van der Waals surface area contributed by atoms with Gasteiger partial charge in [0.25, 0.3) is 0 Å². The molecule has 1 aromatic heterocycles. The molecule has 0 fully saturated rings. The molecule has 100 valence electrons. The van der Waals surface area contributed by atoms with Crippen LogP contribution in [0.15, 0.2) is 35.1 Å². The number of phenolic OH excluding ortho intramolecular Hbond substituents is 1. The maximum atomic E-state index is 10.7. The van der Waals surface area contributed by atoms with Gasteiger partial charge in [-0.15, -0.1) is 0 Å². The van der Waals surface area contributed by atoms with Crippen molar-refractivity contribution in [2.45, 2.75) is 13.1 Å². The van der Waals surface area contributed by atoms with Crippen LogP contribution in [0.5, 0.6) is 5.75 Å². The normalized spacial score (nSPS) is 10.4. The van der Waals surface area contributed by atoms with Crippen LogP contribution in [0.4, 0.5) is 5.69 Å². The maximum absolute atomic E-state index is 10.7. The molecule has 0 saturated heterocycles. The van der Waals surface area contributed by atoms with Crippen LogP contribution in [-0.2, 0) is 17.9 Å². The smallest absolute Gasteiger partial charge is 0.239 e. The molecule has 2 aromatic rings. The Kier molecular flexibility index (Phi) is 4.06. The minimum Gasteiger partial charge on any atom is -0.506 e. The lowest BCUT2D eigenvalue weighted by Gasteiger charge is -2.07. The highest BCUT2D eigenvalue weighted by Crippen LogP contribution is 2.27. The number of carbonyl (C=O) groups is 1. The second-order valence-corrected chi connectivity index (χ2v) is 4.85. The maximum Gasteiger partial charge on any atom is 0.239 e. The van der Waals surface area contributed by atoms with E-state index in [4.69, 9.17) is 5.73 Å². The highest BCUT2D eigenvalue weighted by molar-refractivity contribution is 9.10. The van der Waals surface area contributed by atoms with Gasteiger partial charge in [-0.1, -0.05) is 12.1 Å². The van der Waals surface area contributed by atoms with E-state index in [1.807, 2.05) is 12.1 Å². The average molecular weight is 325 g/mol. The summed E-state index contributed by atoms with van der Waals surface area (Å²) in [7, 11) is 0. The van der Waals surface area contributed by atoms with E-state index in [0.717, 1.165) is 11.3 Å². The van der Waals surface area contributed by atoms with Crippen LogP contribution in [0.2, 0.25) is 0 Å². The molecule has 19 heavy (non-hydrogen) atoms. The summed E-state index contributed by atoms with van der Waals surface area (Å²) in [6, 6.07) is 5.43. The van der Waals surface area contributed by atoms with E-state index in [1.165, 1.54) is 4.68 Å². The van der Waals surface area contributed by atoms with Crippen molar-refractivity contribution in [1.29, 1.82) is 0 Å². The number of aromatic hydroxyl groups is 1. The van der Waals surface area contributed by atoms with Gasteiger partial charge in [0.05, 0.1) is 16.4 Å². The summed E-state index contributed by atoms with van der Waals surface area (Å²) in [6.07, 6.45) is 3.28. The van der Waals surface area contributed by atoms with E-state index in [2.05, 4.69) is 26.3 Å². The van der Waals surface area contributed by atoms with Gasteiger partial charge in [-0.2, -0.15) is 5.10 Å². The summed E-state index contributed by atoms with van der Waals surface area (Å²) < 4.78 is 2.10. The minimum absolute atomic E-state index is 0.0455. The molecule has 0 spiro atoms. The van der Waals surface area contributed by atoms with E-state index in [9.17, 15) is 9.90 Å². The quantitative estimate of drug-likeness (QED) is 0.776. The SMILES string of the molecule is NC(=O)Cn1cc(NCc2cccc(Br)c2O)cn1. The molecule has 0 bridgehead atoms. The molecule has 0 unspecified atom stereocenters. The molecule has 0 saturated carbocycles. The number of nitrogens with two attached hydrogens (primary N) is 1. The zero-order chi connectivity index (χ0) is 13.8. The van der Waals surface area contributed by atoms with Crippen molar-refractivity contribution in [1.82, 2.24) is 9.78 Å². The lowest BCUT2D eigenvalue weighted by Crippen LogP contribution is -2.18. The number of para-hydroxylation sites is 1. The molecule has 1 heterocycles. The molecule has 1 aromatic carbocycles. The first kappa shape index (κ1) is 13.4. The van der Waals surface area contributed by atoms with Crippen LogP contribution >= 0.6 is 15.9 Å². The molecule has 0 aliphatic heterocycles. The van der Waals surface area contributed by atoms with Gasteiger partial charge >= 0.3 is 0 Å². The number of aromatic nitrogens is 2. The standard InChI is InChI=1S/C12H13BrN4O2/c13-10-3-1-2-8(12(10)19)4-15-9-5-16-17(6-9)7-11(14)18/h1-3,5-6,15,19H,4,7H2,(H2,14,18). The third-order valence-electron chi connectivity index (χ3n) is 2.50. The van der Waals surface area contributed by atoms with E-state index in [1.54, 1.807) is 18.5 Å². The monoisotopic (exact) mass is 324 g/mol. The van der Waals surface area contributed by atoms with Gasteiger partial charge in [-0.3, -0.25) is 9.48 Å². The van der Waals surface area contributed by atoms with Crippen molar-refractivity contribution in [3.05, 3.63) is 40.6 Å². The van der Waals surface area contributed by atoms with E-state index in [-0.39, 0.29) is 12.3 Å². The molecule has 0 aliphatic carbocycles. The first-order valence-electron chi connectivity index (χ1n) is 5.57. The van der Waals surface area contributed by atoms with Gasteiger partial charge < -0.3 is 16.2 Å². The molecule has 4 N–H and O–H groups in total. The summed E-state index contributed by atoms with van der Waals surface area (Å²) in [5.41, 5.74) is 6.59. The second kappa shape index (κ2) is 5.75. The fourth-order valence-corrected chi connectivity index (χ4v) is 2.01.